The van der Waals surface area contributed by atoms with E-state index >= 15 is 0 Å². The number of nitrogens with one attached hydrogen (secondary N) is 1. The van der Waals surface area contributed by atoms with Crippen LogP contribution in [0.3, 0.4) is 0 Å². The molecular formula is C28H36N6O2S. The largest absolute Gasteiger partial charge is 0.368 e. The maximum Gasteiger partial charge on any atom is 0.251 e. The number of hydrogen-bond acceptors (Lipinski definition) is 6. The number of benzene rings is 2. The molecule has 0 unspecified atom stereocenters. The third-order valence-electron chi connectivity index (χ3n) is 6.69. The molecular weight excluding hydrogens is 484 g/mol. The van der Waals surface area contributed by atoms with Gasteiger partial charge in [-0.05, 0) is 44.0 Å². The number of aromatic nitrogens is 3. The second-order valence-electron chi connectivity index (χ2n) is 9.64. The van der Waals surface area contributed by atoms with Gasteiger partial charge in [-0.2, -0.15) is 0 Å². The van der Waals surface area contributed by atoms with Gasteiger partial charge in [0.05, 0.1) is 11.8 Å². The van der Waals surface area contributed by atoms with Gasteiger partial charge in [-0.25, -0.2) is 0 Å². The smallest absolute Gasteiger partial charge is 0.251 e. The minimum Gasteiger partial charge on any atom is -0.368 e. The van der Waals surface area contributed by atoms with E-state index in [1.54, 1.807) is 0 Å². The van der Waals surface area contributed by atoms with Gasteiger partial charge in [0.1, 0.15) is 0 Å². The molecule has 1 aromatic heterocycles. The number of aryl methyl sites for hydroxylation is 1. The number of nitrogens with zero attached hydrogens (tertiary/aromatic N) is 5. The molecule has 2 heterocycles. The lowest BCUT2D eigenvalue weighted by atomic mass is 10.0. The predicted molar refractivity (Wildman–Crippen MR) is 148 cm³/mol. The van der Waals surface area contributed by atoms with Crippen LogP contribution in [0.1, 0.15) is 48.6 Å². The van der Waals surface area contributed by atoms with Gasteiger partial charge in [0.2, 0.25) is 5.91 Å². The lowest BCUT2D eigenvalue weighted by molar-refractivity contribution is -0.128. The number of carbonyl (C=O) groups excluding carboxylic acids is 2. The van der Waals surface area contributed by atoms with E-state index in [1.165, 1.54) is 17.4 Å². The normalized spacial score (nSPS) is 14.6. The average Bonchev–Trinajstić information content (AvgIpc) is 3.33. The van der Waals surface area contributed by atoms with Crippen molar-refractivity contribution >= 4 is 29.3 Å². The molecule has 1 atom stereocenters. The van der Waals surface area contributed by atoms with Crippen LogP contribution in [-0.4, -0.2) is 63.4 Å². The molecule has 4 rings (SSSR count). The summed E-state index contributed by atoms with van der Waals surface area (Å²) >= 11 is 1.41. The average molecular weight is 521 g/mol. The van der Waals surface area contributed by atoms with Crippen LogP contribution in [-0.2, 0) is 11.3 Å². The molecule has 37 heavy (non-hydrogen) atoms. The lowest BCUT2D eigenvalue weighted by Crippen LogP contribution is -2.49. The fourth-order valence-corrected chi connectivity index (χ4v) is 5.38. The van der Waals surface area contributed by atoms with Crippen molar-refractivity contribution in [3.8, 4) is 0 Å². The highest BCUT2D eigenvalue weighted by molar-refractivity contribution is 7.99. The molecule has 8 nitrogen and oxygen atoms in total. The number of anilines is 1. The third-order valence-corrected chi connectivity index (χ3v) is 7.64. The Kier molecular flexibility index (Phi) is 8.87. The van der Waals surface area contributed by atoms with Crippen molar-refractivity contribution in [3.05, 3.63) is 71.5 Å². The van der Waals surface area contributed by atoms with Gasteiger partial charge < -0.3 is 19.7 Å². The summed E-state index contributed by atoms with van der Waals surface area (Å²) in [4.78, 5) is 30.1. The summed E-state index contributed by atoms with van der Waals surface area (Å²) in [5.41, 5.74) is 2.92. The van der Waals surface area contributed by atoms with Crippen molar-refractivity contribution in [1.82, 2.24) is 25.0 Å². The Bertz CT molecular complexity index is 1190. The van der Waals surface area contributed by atoms with Crippen molar-refractivity contribution in [2.45, 2.75) is 45.4 Å². The molecule has 2 aromatic carbocycles. The highest BCUT2D eigenvalue weighted by atomic mass is 32.2. The summed E-state index contributed by atoms with van der Waals surface area (Å²) in [6.45, 7) is 11.9. The summed E-state index contributed by atoms with van der Waals surface area (Å²) < 4.78 is 2.01. The number of para-hydroxylation sites is 1. The van der Waals surface area contributed by atoms with E-state index in [-0.39, 0.29) is 23.8 Å². The Balaban J connectivity index is 1.37. The molecule has 0 spiro atoms. The van der Waals surface area contributed by atoms with Crippen LogP contribution in [0.5, 0.6) is 0 Å². The quantitative estimate of drug-likeness (QED) is 0.427. The maximum absolute atomic E-state index is 13.0. The summed E-state index contributed by atoms with van der Waals surface area (Å²) in [7, 11) is 0. The summed E-state index contributed by atoms with van der Waals surface area (Å²) in [6.07, 6.45) is 0. The van der Waals surface area contributed by atoms with Crippen molar-refractivity contribution < 1.29 is 9.59 Å². The first-order valence-corrected chi connectivity index (χ1v) is 13.9. The zero-order valence-corrected chi connectivity index (χ0v) is 22.9. The second kappa shape index (κ2) is 12.3. The van der Waals surface area contributed by atoms with Gasteiger partial charge in [-0.3, -0.25) is 9.59 Å². The Morgan fingerprint density at radius 2 is 1.65 bits per heavy atom. The molecule has 1 aliphatic heterocycles. The standard InChI is InChI=1S/C28H36N6O2S/c1-5-34-26(25(20(2)3)29-27(36)22-13-11-21(4)12-14-22)30-31-28(34)37-19-24(35)33-17-15-32(16-18-33)23-9-7-6-8-10-23/h6-14,20,25H,5,15-19H2,1-4H3,(H,29,36)/t25-/m0/s1. The fraction of sp³-hybridized carbons (Fsp3) is 0.429. The van der Waals surface area contributed by atoms with Gasteiger partial charge >= 0.3 is 0 Å². The number of rotatable bonds is 9. The molecule has 1 fully saturated rings. The molecule has 1 saturated heterocycles. The van der Waals surface area contributed by atoms with E-state index < -0.39 is 0 Å². The fourth-order valence-electron chi connectivity index (χ4n) is 4.46. The van der Waals surface area contributed by atoms with Crippen LogP contribution in [0.4, 0.5) is 5.69 Å². The number of amides is 2. The minimum atomic E-state index is -0.294. The molecule has 3 aromatic rings. The van der Waals surface area contributed by atoms with Crippen LogP contribution in [0.15, 0.2) is 59.8 Å². The Morgan fingerprint density at radius 3 is 2.27 bits per heavy atom. The molecule has 0 radical (unpaired) electrons. The molecule has 0 bridgehead atoms. The molecule has 1 aliphatic rings. The minimum absolute atomic E-state index is 0.109. The zero-order chi connectivity index (χ0) is 26.4. The monoisotopic (exact) mass is 520 g/mol. The number of piperazine rings is 1. The number of thioether (sulfide) groups is 1. The van der Waals surface area contributed by atoms with E-state index in [0.29, 0.717) is 41.9 Å². The van der Waals surface area contributed by atoms with Gasteiger partial charge in [-0.15, -0.1) is 10.2 Å². The van der Waals surface area contributed by atoms with Gasteiger partial charge in [0.25, 0.3) is 5.91 Å². The number of hydrogen-bond donors (Lipinski definition) is 1. The van der Waals surface area contributed by atoms with Crippen molar-refractivity contribution in [2.24, 2.45) is 5.92 Å². The van der Waals surface area contributed by atoms with E-state index in [2.05, 4.69) is 46.4 Å². The maximum atomic E-state index is 13.0. The Labute approximate surface area is 223 Å². The van der Waals surface area contributed by atoms with Gasteiger partial charge in [-0.1, -0.05) is 61.5 Å². The molecule has 9 heteroatoms. The molecule has 0 saturated carbocycles. The van der Waals surface area contributed by atoms with Crippen LogP contribution in [0, 0.1) is 12.8 Å². The molecule has 2 amide bonds. The van der Waals surface area contributed by atoms with E-state index in [9.17, 15) is 9.59 Å². The molecule has 0 aliphatic carbocycles. The van der Waals surface area contributed by atoms with Crippen LogP contribution < -0.4 is 10.2 Å². The highest BCUT2D eigenvalue weighted by Crippen LogP contribution is 2.26. The first kappa shape index (κ1) is 26.7. The molecule has 1 N–H and O–H groups in total. The van der Waals surface area contributed by atoms with E-state index in [0.717, 1.165) is 18.7 Å². The van der Waals surface area contributed by atoms with Gasteiger partial charge in [0.15, 0.2) is 11.0 Å². The Morgan fingerprint density at radius 1 is 0.973 bits per heavy atom. The second-order valence-corrected chi connectivity index (χ2v) is 10.6. The van der Waals surface area contributed by atoms with Crippen molar-refractivity contribution in [1.29, 1.82) is 0 Å². The zero-order valence-electron chi connectivity index (χ0n) is 22.1. The number of carbonyl (C=O) groups is 2. The van der Waals surface area contributed by atoms with E-state index in [4.69, 9.17) is 0 Å². The van der Waals surface area contributed by atoms with Gasteiger partial charge in [0, 0.05) is 44.0 Å². The Hall–Kier alpha value is -3.33. The SMILES string of the molecule is CCn1c(SCC(=O)N2CCN(c3ccccc3)CC2)nnc1[C@@H](NC(=O)c1ccc(C)cc1)C(C)C. The van der Waals surface area contributed by atoms with E-state index in [1.807, 2.05) is 65.8 Å². The van der Waals surface area contributed by atoms with Crippen molar-refractivity contribution in [2.75, 3.05) is 36.8 Å². The first-order valence-electron chi connectivity index (χ1n) is 12.9. The lowest BCUT2D eigenvalue weighted by Gasteiger charge is -2.36. The van der Waals surface area contributed by atoms with Crippen LogP contribution >= 0.6 is 11.8 Å². The summed E-state index contributed by atoms with van der Waals surface area (Å²) in [6, 6.07) is 17.5. The first-order chi connectivity index (χ1) is 17.9. The van der Waals surface area contributed by atoms with Crippen LogP contribution in [0.2, 0.25) is 0 Å². The van der Waals surface area contributed by atoms with Crippen LogP contribution in [0.25, 0.3) is 0 Å². The predicted octanol–water partition coefficient (Wildman–Crippen LogP) is 4.17. The third kappa shape index (κ3) is 6.52. The highest BCUT2D eigenvalue weighted by Gasteiger charge is 2.27. The summed E-state index contributed by atoms with van der Waals surface area (Å²) in [5.74, 6) is 1.11. The topological polar surface area (TPSA) is 83.4 Å². The molecule has 196 valence electrons. The van der Waals surface area contributed by atoms with Crippen molar-refractivity contribution in [3.63, 3.8) is 0 Å². The summed E-state index contributed by atoms with van der Waals surface area (Å²) in [5, 5.41) is 12.7.